The molecule has 1 fully saturated rings. The van der Waals surface area contributed by atoms with E-state index in [1.54, 1.807) is 0 Å². The van der Waals surface area contributed by atoms with E-state index in [9.17, 15) is 0 Å². The monoisotopic (exact) mass is 201 g/mol. The van der Waals surface area contributed by atoms with Gasteiger partial charge >= 0.3 is 0 Å². The molecule has 1 rings (SSSR count). The van der Waals surface area contributed by atoms with Gasteiger partial charge in [-0.3, -0.25) is 0 Å². The van der Waals surface area contributed by atoms with E-state index in [0.29, 0.717) is 12.1 Å². The molecule has 1 saturated heterocycles. The average Bonchev–Trinajstić information content (AvgIpc) is 2.18. The van der Waals surface area contributed by atoms with Crippen molar-refractivity contribution < 1.29 is 9.47 Å². The Labute approximate surface area is 87.2 Å². The summed E-state index contributed by atoms with van der Waals surface area (Å²) in [6.45, 7) is 7.69. The third-order valence-electron chi connectivity index (χ3n) is 2.38. The van der Waals surface area contributed by atoms with Crippen LogP contribution in [0.3, 0.4) is 0 Å². The number of rotatable bonds is 6. The number of nitrogens with one attached hydrogen (secondary N) is 1. The molecular formula is C11H23NO2. The number of ether oxygens (including phenoxy) is 2. The molecule has 0 radical (unpaired) electrons. The molecule has 1 N–H and O–H groups in total. The van der Waals surface area contributed by atoms with Crippen LogP contribution in [0.25, 0.3) is 0 Å². The lowest BCUT2D eigenvalue weighted by Gasteiger charge is -2.22. The summed E-state index contributed by atoms with van der Waals surface area (Å²) in [5, 5.41) is 3.32. The molecule has 1 atom stereocenters. The normalized spacial score (nSPS) is 22.9. The lowest BCUT2D eigenvalue weighted by Crippen LogP contribution is -2.29. The second kappa shape index (κ2) is 7.21. The van der Waals surface area contributed by atoms with E-state index in [2.05, 4.69) is 19.2 Å². The molecular weight excluding hydrogens is 178 g/mol. The average molecular weight is 201 g/mol. The molecule has 0 aromatic rings. The van der Waals surface area contributed by atoms with Gasteiger partial charge in [-0.25, -0.2) is 0 Å². The number of hydrogen-bond acceptors (Lipinski definition) is 3. The summed E-state index contributed by atoms with van der Waals surface area (Å²) in [7, 11) is 0. The van der Waals surface area contributed by atoms with E-state index in [-0.39, 0.29) is 0 Å². The molecule has 0 spiro atoms. The maximum atomic E-state index is 5.56. The Morgan fingerprint density at radius 1 is 1.43 bits per heavy atom. The van der Waals surface area contributed by atoms with Crippen molar-refractivity contribution >= 4 is 0 Å². The Morgan fingerprint density at radius 3 is 2.93 bits per heavy atom. The summed E-state index contributed by atoms with van der Waals surface area (Å²) in [5.41, 5.74) is 0. The molecule has 3 nitrogen and oxygen atoms in total. The van der Waals surface area contributed by atoms with Crippen molar-refractivity contribution in [3.05, 3.63) is 0 Å². The van der Waals surface area contributed by atoms with Gasteiger partial charge in [-0.1, -0.05) is 13.8 Å². The highest BCUT2D eigenvalue weighted by molar-refractivity contribution is 4.62. The SMILES string of the molecule is CC(C)NCCOCC1CCCCO1. The fraction of sp³-hybridized carbons (Fsp3) is 1.00. The van der Waals surface area contributed by atoms with Crippen LogP contribution in [-0.2, 0) is 9.47 Å². The minimum Gasteiger partial charge on any atom is -0.377 e. The fourth-order valence-electron chi connectivity index (χ4n) is 1.57. The molecule has 0 bridgehead atoms. The molecule has 0 amide bonds. The van der Waals surface area contributed by atoms with Crippen LogP contribution < -0.4 is 5.32 Å². The van der Waals surface area contributed by atoms with Gasteiger partial charge in [0, 0.05) is 19.2 Å². The number of hydrogen-bond donors (Lipinski definition) is 1. The molecule has 1 heterocycles. The summed E-state index contributed by atoms with van der Waals surface area (Å²) in [5.74, 6) is 0. The van der Waals surface area contributed by atoms with E-state index in [1.165, 1.54) is 12.8 Å². The molecule has 0 saturated carbocycles. The van der Waals surface area contributed by atoms with Crippen LogP contribution in [0.2, 0.25) is 0 Å². The molecule has 1 aliphatic heterocycles. The summed E-state index contributed by atoms with van der Waals surface area (Å²) >= 11 is 0. The zero-order valence-electron chi connectivity index (χ0n) is 9.42. The van der Waals surface area contributed by atoms with Crippen molar-refractivity contribution in [1.29, 1.82) is 0 Å². The quantitative estimate of drug-likeness (QED) is 0.662. The molecule has 0 aromatic carbocycles. The first-order chi connectivity index (χ1) is 6.79. The van der Waals surface area contributed by atoms with Crippen molar-refractivity contribution in [2.45, 2.75) is 45.3 Å². The van der Waals surface area contributed by atoms with Crippen molar-refractivity contribution in [2.24, 2.45) is 0 Å². The second-order valence-corrected chi connectivity index (χ2v) is 4.17. The van der Waals surface area contributed by atoms with Gasteiger partial charge < -0.3 is 14.8 Å². The highest BCUT2D eigenvalue weighted by Gasteiger charge is 2.13. The fourth-order valence-corrected chi connectivity index (χ4v) is 1.57. The maximum Gasteiger partial charge on any atom is 0.0808 e. The summed E-state index contributed by atoms with van der Waals surface area (Å²) in [6, 6.07) is 0.546. The zero-order valence-corrected chi connectivity index (χ0v) is 9.42. The summed E-state index contributed by atoms with van der Waals surface area (Å²) in [4.78, 5) is 0. The van der Waals surface area contributed by atoms with Gasteiger partial charge in [0.2, 0.25) is 0 Å². The largest absolute Gasteiger partial charge is 0.377 e. The Kier molecular flexibility index (Phi) is 6.15. The molecule has 1 aliphatic rings. The lowest BCUT2D eigenvalue weighted by molar-refractivity contribution is -0.0400. The van der Waals surface area contributed by atoms with Crippen LogP contribution in [0.1, 0.15) is 33.1 Å². The van der Waals surface area contributed by atoms with Crippen molar-refractivity contribution in [2.75, 3.05) is 26.4 Å². The van der Waals surface area contributed by atoms with E-state index >= 15 is 0 Å². The Bertz CT molecular complexity index is 133. The van der Waals surface area contributed by atoms with Gasteiger partial charge in [-0.2, -0.15) is 0 Å². The van der Waals surface area contributed by atoms with Gasteiger partial charge in [-0.15, -0.1) is 0 Å². The van der Waals surface area contributed by atoms with Crippen LogP contribution in [-0.4, -0.2) is 38.5 Å². The van der Waals surface area contributed by atoms with Crippen molar-refractivity contribution in [3.8, 4) is 0 Å². The zero-order chi connectivity index (χ0) is 10.2. The van der Waals surface area contributed by atoms with Gasteiger partial charge in [0.15, 0.2) is 0 Å². The summed E-state index contributed by atoms with van der Waals surface area (Å²) in [6.07, 6.45) is 4.02. The highest BCUT2D eigenvalue weighted by Crippen LogP contribution is 2.12. The van der Waals surface area contributed by atoms with E-state index in [4.69, 9.17) is 9.47 Å². The van der Waals surface area contributed by atoms with E-state index in [1.807, 2.05) is 0 Å². The molecule has 1 unspecified atom stereocenters. The minimum absolute atomic E-state index is 0.350. The molecule has 0 aromatic heterocycles. The predicted octanol–water partition coefficient (Wildman–Crippen LogP) is 1.57. The topological polar surface area (TPSA) is 30.5 Å². The van der Waals surface area contributed by atoms with Crippen LogP contribution in [0.15, 0.2) is 0 Å². The van der Waals surface area contributed by atoms with Crippen LogP contribution in [0, 0.1) is 0 Å². The Morgan fingerprint density at radius 2 is 2.29 bits per heavy atom. The maximum absolute atomic E-state index is 5.56. The van der Waals surface area contributed by atoms with Crippen LogP contribution in [0.4, 0.5) is 0 Å². The predicted molar refractivity (Wildman–Crippen MR) is 57.5 cm³/mol. The van der Waals surface area contributed by atoms with E-state index in [0.717, 1.165) is 32.8 Å². The van der Waals surface area contributed by atoms with Gasteiger partial charge in [0.05, 0.1) is 19.3 Å². The van der Waals surface area contributed by atoms with Gasteiger partial charge in [-0.05, 0) is 19.3 Å². The molecule has 14 heavy (non-hydrogen) atoms. The van der Waals surface area contributed by atoms with E-state index < -0.39 is 0 Å². The Hall–Kier alpha value is -0.120. The van der Waals surface area contributed by atoms with Crippen molar-refractivity contribution in [3.63, 3.8) is 0 Å². The second-order valence-electron chi connectivity index (χ2n) is 4.17. The lowest BCUT2D eigenvalue weighted by atomic mass is 10.1. The first-order valence-electron chi connectivity index (χ1n) is 5.72. The minimum atomic E-state index is 0.350. The molecule has 3 heteroatoms. The van der Waals surface area contributed by atoms with Gasteiger partial charge in [0.1, 0.15) is 0 Å². The summed E-state index contributed by atoms with van der Waals surface area (Å²) < 4.78 is 11.1. The highest BCUT2D eigenvalue weighted by atomic mass is 16.5. The Balaban J connectivity index is 1.87. The van der Waals surface area contributed by atoms with Crippen LogP contribution >= 0.6 is 0 Å². The molecule has 0 aliphatic carbocycles. The van der Waals surface area contributed by atoms with Gasteiger partial charge in [0.25, 0.3) is 0 Å². The smallest absolute Gasteiger partial charge is 0.0808 e. The van der Waals surface area contributed by atoms with Crippen LogP contribution in [0.5, 0.6) is 0 Å². The third kappa shape index (κ3) is 5.58. The molecule has 84 valence electrons. The standard InChI is InChI=1S/C11H23NO2/c1-10(2)12-6-8-13-9-11-5-3-4-7-14-11/h10-12H,3-9H2,1-2H3. The first-order valence-corrected chi connectivity index (χ1v) is 5.72. The third-order valence-corrected chi connectivity index (χ3v) is 2.38. The van der Waals surface area contributed by atoms with Crippen molar-refractivity contribution in [1.82, 2.24) is 5.32 Å². The first kappa shape index (κ1) is 12.0.